The molecule has 0 aliphatic carbocycles. The minimum Gasteiger partial charge on any atom is -0.497 e. The molecule has 132 valence electrons. The Kier molecular flexibility index (Phi) is 5.67. The Morgan fingerprint density at radius 1 is 1.12 bits per heavy atom. The number of methoxy groups -OCH3 is 1. The highest BCUT2D eigenvalue weighted by Gasteiger charge is 2.23. The summed E-state index contributed by atoms with van der Waals surface area (Å²) in [5, 5.41) is 4.79. The van der Waals surface area contributed by atoms with E-state index in [9.17, 15) is 9.59 Å². The molecule has 2 heterocycles. The third kappa shape index (κ3) is 4.58. The SMILES string of the molecule is COc1ccc(NC(=O)CN2CCN(C(=O)c3cccs3)CC2)cc1. The van der Waals surface area contributed by atoms with Gasteiger partial charge in [-0.2, -0.15) is 0 Å². The maximum Gasteiger partial charge on any atom is 0.264 e. The van der Waals surface area contributed by atoms with Crippen LogP contribution in [0.1, 0.15) is 9.67 Å². The van der Waals surface area contributed by atoms with E-state index >= 15 is 0 Å². The van der Waals surface area contributed by atoms with Gasteiger partial charge in [0.25, 0.3) is 5.91 Å². The van der Waals surface area contributed by atoms with E-state index in [0.29, 0.717) is 32.7 Å². The lowest BCUT2D eigenvalue weighted by Gasteiger charge is -2.34. The summed E-state index contributed by atoms with van der Waals surface area (Å²) in [4.78, 5) is 29.2. The molecule has 0 unspecified atom stereocenters. The van der Waals surface area contributed by atoms with Crippen molar-refractivity contribution < 1.29 is 14.3 Å². The van der Waals surface area contributed by atoms with Gasteiger partial charge in [-0.3, -0.25) is 14.5 Å². The average Bonchev–Trinajstić information content (AvgIpc) is 3.17. The van der Waals surface area contributed by atoms with Crippen molar-refractivity contribution in [2.75, 3.05) is 45.2 Å². The van der Waals surface area contributed by atoms with Crippen LogP contribution in [0.2, 0.25) is 0 Å². The molecule has 2 aromatic rings. The molecule has 25 heavy (non-hydrogen) atoms. The van der Waals surface area contributed by atoms with Crippen LogP contribution in [0.4, 0.5) is 5.69 Å². The number of carbonyl (C=O) groups is 2. The fourth-order valence-electron chi connectivity index (χ4n) is 2.74. The summed E-state index contributed by atoms with van der Waals surface area (Å²) in [5.74, 6) is 0.782. The number of hydrogen-bond acceptors (Lipinski definition) is 5. The van der Waals surface area contributed by atoms with Gasteiger partial charge in [-0.25, -0.2) is 0 Å². The first-order valence-electron chi connectivity index (χ1n) is 8.15. The summed E-state index contributed by atoms with van der Waals surface area (Å²) in [7, 11) is 1.61. The number of nitrogens with one attached hydrogen (secondary N) is 1. The molecule has 1 fully saturated rings. The van der Waals surface area contributed by atoms with Crippen molar-refractivity contribution in [1.82, 2.24) is 9.80 Å². The predicted octanol–water partition coefficient (Wildman–Crippen LogP) is 2.15. The quantitative estimate of drug-likeness (QED) is 0.889. The van der Waals surface area contributed by atoms with Crippen molar-refractivity contribution in [1.29, 1.82) is 0 Å². The summed E-state index contributed by atoms with van der Waals surface area (Å²) in [5.41, 5.74) is 0.748. The van der Waals surface area contributed by atoms with Gasteiger partial charge in [0.2, 0.25) is 5.91 Å². The zero-order valence-corrected chi connectivity index (χ0v) is 14.9. The molecule has 0 radical (unpaired) electrons. The van der Waals surface area contributed by atoms with Gasteiger partial charge in [0, 0.05) is 31.9 Å². The molecule has 1 aromatic heterocycles. The van der Waals surface area contributed by atoms with Crippen LogP contribution < -0.4 is 10.1 Å². The second kappa shape index (κ2) is 8.13. The van der Waals surface area contributed by atoms with Crippen LogP contribution >= 0.6 is 11.3 Å². The Morgan fingerprint density at radius 3 is 2.44 bits per heavy atom. The Morgan fingerprint density at radius 2 is 1.84 bits per heavy atom. The molecule has 3 rings (SSSR count). The largest absolute Gasteiger partial charge is 0.497 e. The Bertz CT molecular complexity index is 708. The number of hydrogen-bond donors (Lipinski definition) is 1. The smallest absolute Gasteiger partial charge is 0.264 e. The van der Waals surface area contributed by atoms with E-state index in [4.69, 9.17) is 4.74 Å². The van der Waals surface area contributed by atoms with Crippen LogP contribution in [0.3, 0.4) is 0 Å². The first kappa shape index (κ1) is 17.4. The number of anilines is 1. The van der Waals surface area contributed by atoms with Crippen LogP contribution in [-0.4, -0.2) is 61.4 Å². The molecule has 7 heteroatoms. The van der Waals surface area contributed by atoms with E-state index in [1.165, 1.54) is 11.3 Å². The fourth-order valence-corrected chi connectivity index (χ4v) is 3.43. The minimum absolute atomic E-state index is 0.0526. The Labute approximate surface area is 151 Å². The van der Waals surface area contributed by atoms with E-state index in [2.05, 4.69) is 10.2 Å². The van der Waals surface area contributed by atoms with Gasteiger partial charge >= 0.3 is 0 Å². The van der Waals surface area contributed by atoms with Crippen LogP contribution in [-0.2, 0) is 4.79 Å². The lowest BCUT2D eigenvalue weighted by Crippen LogP contribution is -2.50. The summed E-state index contributed by atoms with van der Waals surface area (Å²) >= 11 is 1.46. The van der Waals surface area contributed by atoms with Crippen molar-refractivity contribution in [2.45, 2.75) is 0 Å². The number of piperazine rings is 1. The van der Waals surface area contributed by atoms with Crippen molar-refractivity contribution in [3.05, 3.63) is 46.7 Å². The van der Waals surface area contributed by atoms with Crippen molar-refractivity contribution in [3.63, 3.8) is 0 Å². The zero-order valence-electron chi connectivity index (χ0n) is 14.1. The average molecular weight is 359 g/mol. The number of amides is 2. The molecular formula is C18H21N3O3S. The molecule has 0 atom stereocenters. The monoisotopic (exact) mass is 359 g/mol. The van der Waals surface area contributed by atoms with Gasteiger partial charge < -0.3 is 15.0 Å². The fraction of sp³-hybridized carbons (Fsp3) is 0.333. The number of carbonyl (C=O) groups excluding carboxylic acids is 2. The second-order valence-corrected chi connectivity index (χ2v) is 6.77. The molecule has 1 aromatic carbocycles. The van der Waals surface area contributed by atoms with E-state index in [0.717, 1.165) is 16.3 Å². The van der Waals surface area contributed by atoms with Gasteiger partial charge in [0.05, 0.1) is 18.5 Å². The van der Waals surface area contributed by atoms with Crippen LogP contribution in [0.15, 0.2) is 41.8 Å². The molecule has 0 bridgehead atoms. The molecular weight excluding hydrogens is 338 g/mol. The first-order chi connectivity index (χ1) is 12.2. The van der Waals surface area contributed by atoms with Gasteiger partial charge in [-0.1, -0.05) is 6.07 Å². The standard InChI is InChI=1S/C18H21N3O3S/c1-24-15-6-4-14(5-7-15)19-17(22)13-20-8-10-21(11-9-20)18(23)16-3-2-12-25-16/h2-7,12H,8-11,13H2,1H3,(H,19,22). The minimum atomic E-state index is -0.0526. The second-order valence-electron chi connectivity index (χ2n) is 5.82. The maximum absolute atomic E-state index is 12.3. The molecule has 1 aliphatic rings. The third-order valence-corrected chi connectivity index (χ3v) is 4.99. The summed E-state index contributed by atoms with van der Waals surface area (Å²) < 4.78 is 5.10. The highest BCUT2D eigenvalue weighted by molar-refractivity contribution is 7.12. The zero-order chi connectivity index (χ0) is 17.6. The highest BCUT2D eigenvalue weighted by atomic mass is 32.1. The molecule has 1 aliphatic heterocycles. The number of benzene rings is 1. The number of nitrogens with zero attached hydrogens (tertiary/aromatic N) is 2. The van der Waals surface area contributed by atoms with Gasteiger partial charge in [0.1, 0.15) is 5.75 Å². The van der Waals surface area contributed by atoms with Crippen molar-refractivity contribution >= 4 is 28.8 Å². The molecule has 2 amide bonds. The predicted molar refractivity (Wildman–Crippen MR) is 98.3 cm³/mol. The lowest BCUT2D eigenvalue weighted by molar-refractivity contribution is -0.117. The summed E-state index contributed by atoms with van der Waals surface area (Å²) in [6.45, 7) is 3.02. The van der Waals surface area contributed by atoms with Gasteiger partial charge in [0.15, 0.2) is 0 Å². The molecule has 0 saturated carbocycles. The van der Waals surface area contributed by atoms with Crippen LogP contribution in [0.5, 0.6) is 5.75 Å². The van der Waals surface area contributed by atoms with Crippen molar-refractivity contribution in [3.8, 4) is 5.75 Å². The van der Waals surface area contributed by atoms with Gasteiger partial charge in [-0.15, -0.1) is 11.3 Å². The Balaban J connectivity index is 1.45. The Hall–Kier alpha value is -2.38. The van der Waals surface area contributed by atoms with Crippen LogP contribution in [0.25, 0.3) is 0 Å². The highest BCUT2D eigenvalue weighted by Crippen LogP contribution is 2.16. The normalized spacial score (nSPS) is 15.0. The third-order valence-electron chi connectivity index (χ3n) is 4.13. The summed E-state index contributed by atoms with van der Waals surface area (Å²) in [6, 6.07) is 11.0. The van der Waals surface area contributed by atoms with E-state index in [-0.39, 0.29) is 11.8 Å². The van der Waals surface area contributed by atoms with E-state index in [1.54, 1.807) is 7.11 Å². The number of ether oxygens (including phenoxy) is 1. The van der Waals surface area contributed by atoms with E-state index < -0.39 is 0 Å². The molecule has 1 N–H and O–H groups in total. The topological polar surface area (TPSA) is 61.9 Å². The molecule has 6 nitrogen and oxygen atoms in total. The summed E-state index contributed by atoms with van der Waals surface area (Å²) in [6.07, 6.45) is 0. The first-order valence-corrected chi connectivity index (χ1v) is 9.03. The number of rotatable bonds is 5. The lowest BCUT2D eigenvalue weighted by atomic mass is 10.2. The van der Waals surface area contributed by atoms with Gasteiger partial charge in [-0.05, 0) is 35.7 Å². The molecule has 0 spiro atoms. The maximum atomic E-state index is 12.3. The van der Waals surface area contributed by atoms with E-state index in [1.807, 2.05) is 46.7 Å². The van der Waals surface area contributed by atoms with Crippen molar-refractivity contribution in [2.24, 2.45) is 0 Å². The molecule has 1 saturated heterocycles. The van der Waals surface area contributed by atoms with Crippen LogP contribution in [0, 0.1) is 0 Å². The number of thiophene rings is 1.